The lowest BCUT2D eigenvalue weighted by atomic mass is 10.2. The van der Waals surface area contributed by atoms with Crippen LogP contribution in [0.3, 0.4) is 0 Å². The molecule has 0 bridgehead atoms. The number of likely N-dealkylation sites (tertiary alicyclic amines) is 1. The molecule has 120 valence electrons. The van der Waals surface area contributed by atoms with Crippen LogP contribution < -0.4 is 5.32 Å². The molecular weight excluding hydrogens is 304 g/mol. The Bertz CT molecular complexity index is 531. The summed E-state index contributed by atoms with van der Waals surface area (Å²) < 4.78 is 5.22. The van der Waals surface area contributed by atoms with Crippen LogP contribution in [0.15, 0.2) is 24.3 Å². The molecular formula is C16H21ClN2O3. The maximum Gasteiger partial charge on any atom is 0.410 e. The van der Waals surface area contributed by atoms with Crippen LogP contribution in [0.2, 0.25) is 5.02 Å². The Kier molecular flexibility index (Phi) is 5.66. The average molecular weight is 325 g/mol. The number of carbonyl (C=O) groups is 2. The minimum atomic E-state index is -0.477. The summed E-state index contributed by atoms with van der Waals surface area (Å²) in [5, 5.41) is 3.42. The first-order valence-corrected chi connectivity index (χ1v) is 7.85. The molecule has 0 spiro atoms. The summed E-state index contributed by atoms with van der Waals surface area (Å²) in [7, 11) is 0. The molecule has 5 nitrogen and oxygen atoms in total. The van der Waals surface area contributed by atoms with E-state index in [4.69, 9.17) is 16.3 Å². The Labute approximate surface area is 135 Å². The molecule has 0 saturated carbocycles. The van der Waals surface area contributed by atoms with E-state index in [0.717, 1.165) is 6.42 Å². The third-order valence-corrected chi connectivity index (χ3v) is 3.69. The molecule has 1 fully saturated rings. The largest absolute Gasteiger partial charge is 0.449 e. The number of rotatable bonds is 4. The van der Waals surface area contributed by atoms with Gasteiger partial charge in [-0.15, -0.1) is 0 Å². The van der Waals surface area contributed by atoms with Crippen molar-refractivity contribution in [3.8, 4) is 0 Å². The number of hydrogen-bond donors (Lipinski definition) is 1. The number of hydrogen-bond acceptors (Lipinski definition) is 3. The van der Waals surface area contributed by atoms with E-state index in [1.54, 1.807) is 24.3 Å². The van der Waals surface area contributed by atoms with Crippen LogP contribution in [-0.4, -0.2) is 36.1 Å². The topological polar surface area (TPSA) is 58.6 Å². The number of carbonyl (C=O) groups excluding carboxylic acids is 2. The van der Waals surface area contributed by atoms with E-state index in [-0.39, 0.29) is 11.8 Å². The Morgan fingerprint density at radius 3 is 2.68 bits per heavy atom. The normalized spacial score (nSPS) is 17.6. The minimum absolute atomic E-state index is 0.193. The van der Waals surface area contributed by atoms with Crippen LogP contribution in [-0.2, 0) is 9.53 Å². The van der Waals surface area contributed by atoms with Crippen LogP contribution in [0.1, 0.15) is 26.7 Å². The van der Waals surface area contributed by atoms with Crippen molar-refractivity contribution >= 4 is 29.3 Å². The van der Waals surface area contributed by atoms with Crippen molar-refractivity contribution in [3.05, 3.63) is 29.3 Å². The number of nitrogens with one attached hydrogen (secondary N) is 1. The van der Waals surface area contributed by atoms with Crippen LogP contribution in [0.25, 0.3) is 0 Å². The summed E-state index contributed by atoms with van der Waals surface area (Å²) in [5.41, 5.74) is 0.664. The van der Waals surface area contributed by atoms with Crippen molar-refractivity contribution in [1.29, 1.82) is 0 Å². The van der Waals surface area contributed by atoms with Gasteiger partial charge in [0.2, 0.25) is 5.91 Å². The van der Waals surface area contributed by atoms with E-state index in [1.807, 2.05) is 13.8 Å². The van der Waals surface area contributed by atoms with Gasteiger partial charge in [0.05, 0.1) is 6.61 Å². The molecule has 1 unspecified atom stereocenters. The standard InChI is InChI=1S/C16H21ClN2O3/c1-11(2)10-22-16(21)19-9-3-4-14(19)15(20)18-13-7-5-12(17)6-8-13/h5-8,11,14H,3-4,9-10H2,1-2H3,(H,18,20). The molecule has 1 atom stereocenters. The summed E-state index contributed by atoms with van der Waals surface area (Å²) in [4.78, 5) is 25.9. The predicted octanol–water partition coefficient (Wildman–Crippen LogP) is 3.54. The van der Waals surface area contributed by atoms with Gasteiger partial charge in [-0.25, -0.2) is 4.79 Å². The zero-order valence-corrected chi connectivity index (χ0v) is 13.6. The molecule has 1 aromatic carbocycles. The Morgan fingerprint density at radius 2 is 2.05 bits per heavy atom. The second-order valence-corrected chi connectivity index (χ2v) is 6.25. The number of benzene rings is 1. The first-order chi connectivity index (χ1) is 10.5. The number of nitrogens with zero attached hydrogens (tertiary/aromatic N) is 1. The van der Waals surface area contributed by atoms with Crippen molar-refractivity contribution in [2.75, 3.05) is 18.5 Å². The van der Waals surface area contributed by atoms with Crippen molar-refractivity contribution < 1.29 is 14.3 Å². The van der Waals surface area contributed by atoms with Gasteiger partial charge < -0.3 is 10.1 Å². The number of ether oxygens (including phenoxy) is 1. The molecule has 2 rings (SSSR count). The summed E-state index contributed by atoms with van der Waals surface area (Å²) in [5.74, 6) is 0.0780. The van der Waals surface area contributed by atoms with Crippen molar-refractivity contribution in [2.24, 2.45) is 5.92 Å². The highest BCUT2D eigenvalue weighted by atomic mass is 35.5. The highest BCUT2D eigenvalue weighted by Crippen LogP contribution is 2.21. The van der Waals surface area contributed by atoms with Gasteiger partial charge in [-0.1, -0.05) is 25.4 Å². The van der Waals surface area contributed by atoms with E-state index < -0.39 is 12.1 Å². The van der Waals surface area contributed by atoms with Crippen molar-refractivity contribution in [2.45, 2.75) is 32.7 Å². The van der Waals surface area contributed by atoms with Crippen LogP contribution in [0.5, 0.6) is 0 Å². The van der Waals surface area contributed by atoms with Gasteiger partial charge in [-0.05, 0) is 43.0 Å². The summed E-state index contributed by atoms with van der Waals surface area (Å²) >= 11 is 5.82. The number of amides is 2. The number of anilines is 1. The first kappa shape index (κ1) is 16.6. The van der Waals surface area contributed by atoms with Crippen LogP contribution >= 0.6 is 11.6 Å². The van der Waals surface area contributed by atoms with E-state index in [1.165, 1.54) is 4.90 Å². The van der Waals surface area contributed by atoms with E-state index in [2.05, 4.69) is 5.32 Å². The molecule has 1 aliphatic rings. The number of halogens is 1. The minimum Gasteiger partial charge on any atom is -0.449 e. The second-order valence-electron chi connectivity index (χ2n) is 5.82. The fraction of sp³-hybridized carbons (Fsp3) is 0.500. The molecule has 1 N–H and O–H groups in total. The summed E-state index contributed by atoms with van der Waals surface area (Å²) in [6.07, 6.45) is 1.04. The summed E-state index contributed by atoms with van der Waals surface area (Å²) in [6.45, 7) is 4.86. The third-order valence-electron chi connectivity index (χ3n) is 3.44. The van der Waals surface area contributed by atoms with Crippen molar-refractivity contribution in [1.82, 2.24) is 4.90 Å². The van der Waals surface area contributed by atoms with Gasteiger partial charge in [0.15, 0.2) is 0 Å². The highest BCUT2D eigenvalue weighted by molar-refractivity contribution is 6.30. The third kappa shape index (κ3) is 4.37. The zero-order chi connectivity index (χ0) is 16.1. The molecule has 1 aromatic rings. The van der Waals surface area contributed by atoms with E-state index in [9.17, 15) is 9.59 Å². The van der Waals surface area contributed by atoms with Crippen LogP contribution in [0, 0.1) is 5.92 Å². The first-order valence-electron chi connectivity index (χ1n) is 7.47. The Hall–Kier alpha value is -1.75. The zero-order valence-electron chi connectivity index (χ0n) is 12.8. The quantitative estimate of drug-likeness (QED) is 0.921. The molecule has 1 heterocycles. The molecule has 6 heteroatoms. The van der Waals surface area contributed by atoms with E-state index >= 15 is 0 Å². The maximum absolute atomic E-state index is 12.4. The van der Waals surface area contributed by atoms with Gasteiger partial charge >= 0.3 is 6.09 Å². The van der Waals surface area contributed by atoms with E-state index in [0.29, 0.717) is 30.3 Å². The predicted molar refractivity (Wildman–Crippen MR) is 86.0 cm³/mol. The lowest BCUT2D eigenvalue weighted by Crippen LogP contribution is -2.43. The molecule has 1 saturated heterocycles. The van der Waals surface area contributed by atoms with Crippen molar-refractivity contribution in [3.63, 3.8) is 0 Å². The second kappa shape index (κ2) is 7.49. The van der Waals surface area contributed by atoms with Gasteiger partial charge in [0, 0.05) is 17.3 Å². The smallest absolute Gasteiger partial charge is 0.410 e. The molecule has 22 heavy (non-hydrogen) atoms. The molecule has 0 aromatic heterocycles. The lowest BCUT2D eigenvalue weighted by molar-refractivity contribution is -0.120. The lowest BCUT2D eigenvalue weighted by Gasteiger charge is -2.23. The van der Waals surface area contributed by atoms with Gasteiger partial charge in [0.25, 0.3) is 0 Å². The fourth-order valence-electron chi connectivity index (χ4n) is 2.34. The van der Waals surface area contributed by atoms with Gasteiger partial charge in [-0.3, -0.25) is 9.69 Å². The fourth-order valence-corrected chi connectivity index (χ4v) is 2.46. The van der Waals surface area contributed by atoms with Crippen LogP contribution in [0.4, 0.5) is 10.5 Å². The molecule has 1 aliphatic heterocycles. The average Bonchev–Trinajstić information content (AvgIpc) is 2.96. The maximum atomic E-state index is 12.4. The molecule has 0 radical (unpaired) electrons. The monoisotopic (exact) mass is 324 g/mol. The SMILES string of the molecule is CC(C)COC(=O)N1CCCC1C(=O)Nc1ccc(Cl)cc1. The Balaban J connectivity index is 1.95. The van der Waals surface area contributed by atoms with Gasteiger partial charge in [-0.2, -0.15) is 0 Å². The van der Waals surface area contributed by atoms with Gasteiger partial charge in [0.1, 0.15) is 6.04 Å². The summed E-state index contributed by atoms with van der Waals surface area (Å²) in [6, 6.07) is 6.41. The Morgan fingerprint density at radius 1 is 1.36 bits per heavy atom. The highest BCUT2D eigenvalue weighted by Gasteiger charge is 2.35. The molecule has 0 aliphatic carbocycles. The molecule has 2 amide bonds.